The van der Waals surface area contributed by atoms with Crippen LogP contribution in [0.1, 0.15) is 25.0 Å². The van der Waals surface area contributed by atoms with Gasteiger partial charge < -0.3 is 4.90 Å². The summed E-state index contributed by atoms with van der Waals surface area (Å²) in [5.41, 5.74) is 2.26. The van der Waals surface area contributed by atoms with Crippen molar-refractivity contribution in [1.29, 1.82) is 0 Å². The van der Waals surface area contributed by atoms with Crippen LogP contribution in [0.2, 0.25) is 0 Å². The minimum atomic E-state index is -3.83. The zero-order valence-corrected chi connectivity index (χ0v) is 17.6. The van der Waals surface area contributed by atoms with Gasteiger partial charge in [0.05, 0.1) is 16.4 Å². The molecule has 0 aliphatic rings. The van der Waals surface area contributed by atoms with Gasteiger partial charge >= 0.3 is 0 Å². The lowest BCUT2D eigenvalue weighted by molar-refractivity contribution is -0.385. The van der Waals surface area contributed by atoms with Crippen LogP contribution >= 0.6 is 0 Å². The van der Waals surface area contributed by atoms with Gasteiger partial charge in [0.2, 0.25) is 10.0 Å². The molecule has 0 saturated carbocycles. The molecule has 0 spiro atoms. The molecular formula is C20H26N4O4S. The highest BCUT2D eigenvalue weighted by molar-refractivity contribution is 7.89. The monoisotopic (exact) mass is 418 g/mol. The number of benzene rings is 2. The lowest BCUT2D eigenvalue weighted by Gasteiger charge is -2.20. The molecule has 0 bridgehead atoms. The summed E-state index contributed by atoms with van der Waals surface area (Å²) in [4.78, 5) is 16.7. The maximum atomic E-state index is 12.3. The second kappa shape index (κ2) is 10.1. The topological polar surface area (TPSA) is 105 Å². The molecule has 0 heterocycles. The third-order valence-electron chi connectivity index (χ3n) is 4.48. The van der Waals surface area contributed by atoms with Crippen LogP contribution in [0, 0.1) is 17.0 Å². The summed E-state index contributed by atoms with van der Waals surface area (Å²) in [6, 6.07) is 11.8. The number of hydrogen-bond acceptors (Lipinski definition) is 6. The summed E-state index contributed by atoms with van der Waals surface area (Å²) < 4.78 is 27.1. The largest absolute Gasteiger partial charge is 0.372 e. The highest BCUT2D eigenvalue weighted by Gasteiger charge is 2.19. The van der Waals surface area contributed by atoms with Gasteiger partial charge in [-0.25, -0.2) is 13.1 Å². The first-order valence-electron chi connectivity index (χ1n) is 9.38. The standard InChI is InChI=1S/C20H26N4O4S/c1-4-23(5-2)18-9-7-17(8-10-18)15-21-12-13-22-29(27,28)19-11-6-16(3)20(14-19)24(25)26/h6-11,14-15,22H,4-5,12-13H2,1-3H3. The third-order valence-corrected chi connectivity index (χ3v) is 5.94. The van der Waals surface area contributed by atoms with Crippen LogP contribution in [-0.2, 0) is 10.0 Å². The maximum absolute atomic E-state index is 12.3. The maximum Gasteiger partial charge on any atom is 0.273 e. The Morgan fingerprint density at radius 1 is 1.14 bits per heavy atom. The molecule has 0 unspecified atom stereocenters. The summed E-state index contributed by atoms with van der Waals surface area (Å²) in [7, 11) is -3.83. The molecule has 2 rings (SSSR count). The number of nitro benzene ring substituents is 1. The predicted molar refractivity (Wildman–Crippen MR) is 115 cm³/mol. The molecule has 0 radical (unpaired) electrons. The number of anilines is 1. The summed E-state index contributed by atoms with van der Waals surface area (Å²) in [6.07, 6.45) is 1.69. The number of aryl methyl sites for hydroxylation is 1. The van der Waals surface area contributed by atoms with E-state index in [2.05, 4.69) is 28.5 Å². The average molecular weight is 419 g/mol. The number of sulfonamides is 1. The van der Waals surface area contributed by atoms with Gasteiger partial charge in [-0.3, -0.25) is 15.1 Å². The lowest BCUT2D eigenvalue weighted by Crippen LogP contribution is -2.26. The van der Waals surface area contributed by atoms with E-state index in [9.17, 15) is 18.5 Å². The predicted octanol–water partition coefficient (Wildman–Crippen LogP) is 3.15. The zero-order valence-electron chi connectivity index (χ0n) is 16.8. The molecule has 156 valence electrons. The Morgan fingerprint density at radius 2 is 1.79 bits per heavy atom. The molecule has 0 aromatic heterocycles. The first kappa shape index (κ1) is 22.5. The van der Waals surface area contributed by atoms with Crippen molar-refractivity contribution in [2.75, 3.05) is 31.1 Å². The molecule has 1 N–H and O–H groups in total. The fourth-order valence-electron chi connectivity index (χ4n) is 2.81. The molecule has 0 amide bonds. The molecule has 0 aliphatic heterocycles. The van der Waals surface area contributed by atoms with Crippen molar-refractivity contribution < 1.29 is 13.3 Å². The van der Waals surface area contributed by atoms with Gasteiger partial charge in [-0.2, -0.15) is 0 Å². The van der Waals surface area contributed by atoms with Gasteiger partial charge in [-0.15, -0.1) is 0 Å². The van der Waals surface area contributed by atoms with Crippen molar-refractivity contribution in [3.05, 3.63) is 63.7 Å². The first-order chi connectivity index (χ1) is 13.8. The van der Waals surface area contributed by atoms with E-state index in [4.69, 9.17) is 0 Å². The van der Waals surface area contributed by atoms with Crippen LogP contribution in [0.25, 0.3) is 0 Å². The Hall–Kier alpha value is -2.78. The molecule has 29 heavy (non-hydrogen) atoms. The number of nitro groups is 1. The normalized spacial score (nSPS) is 11.7. The van der Waals surface area contributed by atoms with Gasteiger partial charge in [0.25, 0.3) is 5.69 Å². The Kier molecular flexibility index (Phi) is 7.86. The van der Waals surface area contributed by atoms with Crippen LogP contribution in [0.4, 0.5) is 11.4 Å². The average Bonchev–Trinajstić information content (AvgIpc) is 2.69. The van der Waals surface area contributed by atoms with Gasteiger partial charge in [0.15, 0.2) is 0 Å². The van der Waals surface area contributed by atoms with Crippen LogP contribution in [0.3, 0.4) is 0 Å². The number of aliphatic imine (C=N–C) groups is 1. The summed E-state index contributed by atoms with van der Waals surface area (Å²) in [5, 5.41) is 11.0. The van der Waals surface area contributed by atoms with E-state index >= 15 is 0 Å². The summed E-state index contributed by atoms with van der Waals surface area (Å²) >= 11 is 0. The molecule has 2 aromatic carbocycles. The first-order valence-corrected chi connectivity index (χ1v) is 10.9. The minimum absolute atomic E-state index is 0.0953. The molecule has 0 atom stereocenters. The molecule has 2 aromatic rings. The van der Waals surface area contributed by atoms with Crippen LogP contribution in [0.15, 0.2) is 52.4 Å². The quantitative estimate of drug-likeness (QED) is 0.276. The van der Waals surface area contributed by atoms with E-state index in [0.717, 1.165) is 30.4 Å². The fourth-order valence-corrected chi connectivity index (χ4v) is 3.85. The molecule has 0 aliphatic carbocycles. The SMILES string of the molecule is CCN(CC)c1ccc(C=NCCNS(=O)(=O)c2ccc(C)c([N+](=O)[O-])c2)cc1. The van der Waals surface area contributed by atoms with Gasteiger partial charge in [-0.05, 0) is 44.5 Å². The minimum Gasteiger partial charge on any atom is -0.372 e. The zero-order chi connectivity index (χ0) is 21.4. The van der Waals surface area contributed by atoms with Crippen molar-refractivity contribution in [3.8, 4) is 0 Å². The second-order valence-corrected chi connectivity index (χ2v) is 8.17. The molecule has 9 heteroatoms. The van der Waals surface area contributed by atoms with Gasteiger partial charge in [0.1, 0.15) is 0 Å². The van der Waals surface area contributed by atoms with Gasteiger partial charge in [0, 0.05) is 43.2 Å². The van der Waals surface area contributed by atoms with Crippen molar-refractivity contribution >= 4 is 27.6 Å². The molecule has 8 nitrogen and oxygen atoms in total. The van der Waals surface area contributed by atoms with E-state index in [1.165, 1.54) is 12.1 Å². The van der Waals surface area contributed by atoms with E-state index in [1.807, 2.05) is 24.3 Å². The van der Waals surface area contributed by atoms with E-state index in [-0.39, 0.29) is 23.7 Å². The molecule has 0 saturated heterocycles. The second-order valence-electron chi connectivity index (χ2n) is 6.40. The highest BCUT2D eigenvalue weighted by atomic mass is 32.2. The van der Waals surface area contributed by atoms with E-state index in [1.54, 1.807) is 13.1 Å². The Labute approximate surface area is 171 Å². The fraction of sp³-hybridized carbons (Fsp3) is 0.350. The van der Waals surface area contributed by atoms with Crippen molar-refractivity contribution in [3.63, 3.8) is 0 Å². The third kappa shape index (κ3) is 6.10. The molecular weight excluding hydrogens is 392 g/mol. The van der Waals surface area contributed by atoms with Crippen molar-refractivity contribution in [2.45, 2.75) is 25.7 Å². The van der Waals surface area contributed by atoms with Crippen LogP contribution < -0.4 is 9.62 Å². The number of hydrogen-bond donors (Lipinski definition) is 1. The van der Waals surface area contributed by atoms with E-state index in [0.29, 0.717) is 5.56 Å². The van der Waals surface area contributed by atoms with E-state index < -0.39 is 14.9 Å². The Morgan fingerprint density at radius 3 is 2.38 bits per heavy atom. The van der Waals surface area contributed by atoms with Crippen molar-refractivity contribution in [1.82, 2.24) is 4.72 Å². The smallest absolute Gasteiger partial charge is 0.273 e. The number of nitrogens with one attached hydrogen (secondary N) is 1. The number of nitrogens with zero attached hydrogens (tertiary/aromatic N) is 3. The molecule has 0 fully saturated rings. The van der Waals surface area contributed by atoms with Crippen LogP contribution in [0.5, 0.6) is 0 Å². The highest BCUT2D eigenvalue weighted by Crippen LogP contribution is 2.22. The Bertz CT molecular complexity index is 968. The lowest BCUT2D eigenvalue weighted by atomic mass is 10.2. The van der Waals surface area contributed by atoms with Crippen molar-refractivity contribution in [2.24, 2.45) is 4.99 Å². The number of rotatable bonds is 10. The van der Waals surface area contributed by atoms with Gasteiger partial charge in [-0.1, -0.05) is 18.2 Å². The summed E-state index contributed by atoms with van der Waals surface area (Å²) in [5.74, 6) is 0. The Balaban J connectivity index is 1.92. The summed E-state index contributed by atoms with van der Waals surface area (Å²) in [6.45, 7) is 8.00. The van der Waals surface area contributed by atoms with Crippen LogP contribution in [-0.4, -0.2) is 45.7 Å².